The number of benzene rings is 2. The van der Waals surface area contributed by atoms with Gasteiger partial charge in [-0.1, -0.05) is 32.9 Å². The van der Waals surface area contributed by atoms with Gasteiger partial charge in [-0.05, 0) is 67.1 Å². The molecule has 1 heterocycles. The molecule has 0 atom stereocenters. The van der Waals surface area contributed by atoms with Crippen LogP contribution < -0.4 is 14.8 Å². The van der Waals surface area contributed by atoms with Crippen molar-refractivity contribution in [3.8, 4) is 11.5 Å². The molecular formula is C26H34N2O4. The van der Waals surface area contributed by atoms with Crippen LogP contribution in [0.5, 0.6) is 11.5 Å². The lowest BCUT2D eigenvalue weighted by Crippen LogP contribution is -2.47. The second-order valence-corrected chi connectivity index (χ2v) is 9.15. The predicted octanol–water partition coefficient (Wildman–Crippen LogP) is 4.18. The molecule has 1 saturated heterocycles. The van der Waals surface area contributed by atoms with Gasteiger partial charge in [0.25, 0.3) is 11.8 Å². The molecule has 1 fully saturated rings. The fourth-order valence-electron chi connectivity index (χ4n) is 3.70. The van der Waals surface area contributed by atoms with Gasteiger partial charge in [0.05, 0.1) is 6.61 Å². The van der Waals surface area contributed by atoms with Crippen molar-refractivity contribution in [2.75, 3.05) is 26.3 Å². The topological polar surface area (TPSA) is 67.9 Å². The Bertz CT molecular complexity index is 893. The van der Waals surface area contributed by atoms with E-state index >= 15 is 0 Å². The van der Waals surface area contributed by atoms with Gasteiger partial charge < -0.3 is 19.7 Å². The molecule has 2 amide bonds. The average molecular weight is 439 g/mol. The van der Waals surface area contributed by atoms with Gasteiger partial charge in [-0.15, -0.1) is 0 Å². The second kappa shape index (κ2) is 10.5. The Morgan fingerprint density at radius 2 is 1.50 bits per heavy atom. The van der Waals surface area contributed by atoms with E-state index in [-0.39, 0.29) is 29.9 Å². The molecule has 172 valence electrons. The van der Waals surface area contributed by atoms with Crippen molar-refractivity contribution in [3.63, 3.8) is 0 Å². The van der Waals surface area contributed by atoms with Crippen molar-refractivity contribution in [1.29, 1.82) is 0 Å². The van der Waals surface area contributed by atoms with Crippen LogP contribution in [0.1, 0.15) is 56.5 Å². The van der Waals surface area contributed by atoms with Crippen LogP contribution in [0.25, 0.3) is 0 Å². The molecule has 32 heavy (non-hydrogen) atoms. The Labute approximate surface area is 190 Å². The summed E-state index contributed by atoms with van der Waals surface area (Å²) in [5.74, 6) is 1.32. The molecule has 0 unspecified atom stereocenters. The maximum Gasteiger partial charge on any atom is 0.260 e. The van der Waals surface area contributed by atoms with E-state index in [1.807, 2.05) is 43.3 Å². The minimum absolute atomic E-state index is 0.00509. The summed E-state index contributed by atoms with van der Waals surface area (Å²) in [6.45, 7) is 10.2. The van der Waals surface area contributed by atoms with E-state index in [4.69, 9.17) is 9.47 Å². The van der Waals surface area contributed by atoms with Crippen molar-refractivity contribution in [2.45, 2.75) is 52.0 Å². The van der Waals surface area contributed by atoms with Crippen LogP contribution in [0.4, 0.5) is 0 Å². The molecule has 0 aliphatic carbocycles. The van der Waals surface area contributed by atoms with Gasteiger partial charge in [0.15, 0.2) is 6.61 Å². The third kappa shape index (κ3) is 6.49. The highest BCUT2D eigenvalue weighted by Gasteiger charge is 2.24. The van der Waals surface area contributed by atoms with Crippen LogP contribution in [-0.4, -0.2) is 49.1 Å². The molecule has 1 aliphatic heterocycles. The standard InChI is InChI=1S/C26H34N2O4/c1-5-31-22-10-12-23(13-11-22)32-18-24(29)28-16-14-21(15-17-28)27-25(30)19-6-8-20(9-7-19)26(2,3)4/h6-13,21H,5,14-18H2,1-4H3,(H,27,30). The maximum atomic E-state index is 12.6. The fraction of sp³-hybridized carbons (Fsp3) is 0.462. The van der Waals surface area contributed by atoms with Crippen molar-refractivity contribution in [3.05, 3.63) is 59.7 Å². The number of piperidine rings is 1. The highest BCUT2D eigenvalue weighted by atomic mass is 16.5. The SMILES string of the molecule is CCOc1ccc(OCC(=O)N2CCC(NC(=O)c3ccc(C(C)(C)C)cc3)CC2)cc1. The van der Waals surface area contributed by atoms with Gasteiger partial charge in [0, 0.05) is 24.7 Å². The molecule has 0 radical (unpaired) electrons. The Morgan fingerprint density at radius 1 is 0.938 bits per heavy atom. The second-order valence-electron chi connectivity index (χ2n) is 9.15. The Balaban J connectivity index is 1.42. The number of amides is 2. The number of carbonyl (C=O) groups excluding carboxylic acids is 2. The van der Waals surface area contributed by atoms with E-state index in [2.05, 4.69) is 26.1 Å². The number of ether oxygens (including phenoxy) is 2. The zero-order valence-corrected chi connectivity index (χ0v) is 19.5. The molecule has 1 aliphatic rings. The molecule has 0 bridgehead atoms. The molecular weight excluding hydrogens is 404 g/mol. The van der Waals surface area contributed by atoms with E-state index in [1.165, 1.54) is 5.56 Å². The number of carbonyl (C=O) groups is 2. The predicted molar refractivity (Wildman–Crippen MR) is 125 cm³/mol. The van der Waals surface area contributed by atoms with E-state index in [0.717, 1.165) is 18.6 Å². The molecule has 2 aromatic rings. The summed E-state index contributed by atoms with van der Waals surface area (Å²) in [6.07, 6.45) is 1.47. The van der Waals surface area contributed by atoms with Crippen LogP contribution in [0.3, 0.4) is 0 Å². The third-order valence-electron chi connectivity index (χ3n) is 5.69. The third-order valence-corrected chi connectivity index (χ3v) is 5.69. The van der Waals surface area contributed by atoms with Crippen LogP contribution in [0.15, 0.2) is 48.5 Å². The molecule has 6 nitrogen and oxygen atoms in total. The normalized spacial score (nSPS) is 14.7. The van der Waals surface area contributed by atoms with Gasteiger partial charge >= 0.3 is 0 Å². The zero-order valence-electron chi connectivity index (χ0n) is 19.5. The highest BCUT2D eigenvalue weighted by molar-refractivity contribution is 5.94. The van der Waals surface area contributed by atoms with Crippen LogP contribution in [-0.2, 0) is 10.2 Å². The first-order valence-electron chi connectivity index (χ1n) is 11.3. The number of nitrogens with zero attached hydrogens (tertiary/aromatic N) is 1. The number of nitrogens with one attached hydrogen (secondary N) is 1. The van der Waals surface area contributed by atoms with E-state index in [1.54, 1.807) is 17.0 Å². The Hall–Kier alpha value is -3.02. The highest BCUT2D eigenvalue weighted by Crippen LogP contribution is 2.22. The van der Waals surface area contributed by atoms with Gasteiger partial charge in [0.2, 0.25) is 0 Å². The van der Waals surface area contributed by atoms with Gasteiger partial charge in [0.1, 0.15) is 11.5 Å². The Kier molecular flexibility index (Phi) is 7.78. The van der Waals surface area contributed by atoms with Crippen LogP contribution in [0.2, 0.25) is 0 Å². The summed E-state index contributed by atoms with van der Waals surface area (Å²) in [5, 5.41) is 3.11. The minimum Gasteiger partial charge on any atom is -0.494 e. The summed E-state index contributed by atoms with van der Waals surface area (Å²) in [4.78, 5) is 26.9. The fourth-order valence-corrected chi connectivity index (χ4v) is 3.70. The molecule has 0 saturated carbocycles. The number of hydrogen-bond donors (Lipinski definition) is 1. The first-order valence-corrected chi connectivity index (χ1v) is 11.3. The van der Waals surface area contributed by atoms with E-state index in [0.29, 0.717) is 31.0 Å². The molecule has 0 spiro atoms. The maximum absolute atomic E-state index is 12.6. The summed E-state index contributed by atoms with van der Waals surface area (Å²) in [5.41, 5.74) is 1.93. The lowest BCUT2D eigenvalue weighted by Gasteiger charge is -2.32. The quantitative estimate of drug-likeness (QED) is 0.704. The monoisotopic (exact) mass is 438 g/mol. The number of rotatable bonds is 7. The largest absolute Gasteiger partial charge is 0.494 e. The van der Waals surface area contributed by atoms with Crippen LogP contribution >= 0.6 is 0 Å². The summed E-state index contributed by atoms with van der Waals surface area (Å²) in [7, 11) is 0. The lowest BCUT2D eigenvalue weighted by atomic mass is 9.86. The molecule has 3 rings (SSSR count). The molecule has 2 aromatic carbocycles. The first kappa shape index (κ1) is 23.6. The van der Waals surface area contributed by atoms with Crippen LogP contribution in [0, 0.1) is 0 Å². The first-order chi connectivity index (χ1) is 15.3. The average Bonchev–Trinajstić information content (AvgIpc) is 2.78. The smallest absolute Gasteiger partial charge is 0.260 e. The van der Waals surface area contributed by atoms with Crippen molar-refractivity contribution in [2.24, 2.45) is 0 Å². The number of hydrogen-bond acceptors (Lipinski definition) is 4. The summed E-state index contributed by atoms with van der Waals surface area (Å²) < 4.78 is 11.0. The summed E-state index contributed by atoms with van der Waals surface area (Å²) in [6, 6.07) is 15.1. The molecule has 0 aromatic heterocycles. The van der Waals surface area contributed by atoms with Gasteiger partial charge in [-0.3, -0.25) is 9.59 Å². The zero-order chi connectivity index (χ0) is 23.1. The molecule has 1 N–H and O–H groups in total. The minimum atomic E-state index is -0.0610. The Morgan fingerprint density at radius 3 is 2.03 bits per heavy atom. The van der Waals surface area contributed by atoms with Crippen molar-refractivity contribution < 1.29 is 19.1 Å². The van der Waals surface area contributed by atoms with Crippen molar-refractivity contribution >= 4 is 11.8 Å². The van der Waals surface area contributed by atoms with E-state index < -0.39 is 0 Å². The number of likely N-dealkylation sites (tertiary alicyclic amines) is 1. The van der Waals surface area contributed by atoms with E-state index in [9.17, 15) is 9.59 Å². The van der Waals surface area contributed by atoms with Gasteiger partial charge in [-0.2, -0.15) is 0 Å². The van der Waals surface area contributed by atoms with Crippen molar-refractivity contribution in [1.82, 2.24) is 10.2 Å². The lowest BCUT2D eigenvalue weighted by molar-refractivity contribution is -0.134. The van der Waals surface area contributed by atoms with Gasteiger partial charge in [-0.25, -0.2) is 0 Å². The molecule has 6 heteroatoms. The summed E-state index contributed by atoms with van der Waals surface area (Å²) >= 11 is 0.